The molecule has 1 heterocycles. The van der Waals surface area contributed by atoms with Crippen molar-refractivity contribution in [1.29, 1.82) is 0 Å². The van der Waals surface area contributed by atoms with Gasteiger partial charge in [-0.05, 0) is 0 Å². The van der Waals surface area contributed by atoms with Crippen LogP contribution in [0.1, 0.15) is 10.6 Å². The lowest BCUT2D eigenvalue weighted by Gasteiger charge is -2.03. The molecule has 10 heavy (non-hydrogen) atoms. The van der Waals surface area contributed by atoms with Gasteiger partial charge in [0.2, 0.25) is 5.82 Å². The molecule has 1 aromatic heterocycles. The average Bonchev–Trinajstić information content (AvgIpc) is 2.36. The molecule has 6 heteroatoms. The first-order valence-corrected chi connectivity index (χ1v) is 2.54. The maximum Gasteiger partial charge on any atom is 0.314 e. The maximum absolute atomic E-state index is 10.7. The van der Waals surface area contributed by atoms with Gasteiger partial charge in [0, 0.05) is 7.05 Å². The summed E-state index contributed by atoms with van der Waals surface area (Å²) in [5, 5.41) is 14.8. The van der Waals surface area contributed by atoms with Crippen LogP contribution in [-0.2, 0) is 0 Å². The molecule has 0 fully saturated rings. The number of nitrogens with one attached hydrogen (secondary N) is 1. The van der Waals surface area contributed by atoms with Crippen molar-refractivity contribution in [3.8, 4) is 0 Å². The predicted octanol–water partition coefficient (Wildman–Crippen LogP) is -0.734. The third-order valence-corrected chi connectivity index (χ3v) is 0.912. The van der Waals surface area contributed by atoms with Gasteiger partial charge in [-0.3, -0.25) is 15.1 Å². The van der Waals surface area contributed by atoms with Crippen LogP contribution in [0.25, 0.3) is 0 Å². The molecular formula is C4H6N4O2. The number of rotatable bonds is 1. The van der Waals surface area contributed by atoms with Gasteiger partial charge >= 0.3 is 5.91 Å². The zero-order valence-corrected chi connectivity index (χ0v) is 5.27. The molecule has 0 radical (unpaired) electrons. The standard InChI is InChI=1S/C4H6N4O2/c1-8(10)4(9)3-5-2-6-7-3/h2,10H,1H3,(H,5,6,7). The van der Waals surface area contributed by atoms with Gasteiger partial charge in [0.25, 0.3) is 0 Å². The van der Waals surface area contributed by atoms with Gasteiger partial charge in [-0.1, -0.05) is 0 Å². The molecule has 0 bridgehead atoms. The highest BCUT2D eigenvalue weighted by Crippen LogP contribution is 1.89. The molecule has 0 saturated carbocycles. The average molecular weight is 142 g/mol. The van der Waals surface area contributed by atoms with Crippen molar-refractivity contribution >= 4 is 5.91 Å². The minimum atomic E-state index is -0.613. The number of hydrogen-bond acceptors (Lipinski definition) is 4. The third kappa shape index (κ3) is 1.11. The molecule has 54 valence electrons. The van der Waals surface area contributed by atoms with Gasteiger partial charge in [-0.2, -0.15) is 5.10 Å². The second-order valence-corrected chi connectivity index (χ2v) is 1.66. The van der Waals surface area contributed by atoms with E-state index in [0.29, 0.717) is 5.06 Å². The lowest BCUT2D eigenvalue weighted by molar-refractivity contribution is -0.0384. The minimum Gasteiger partial charge on any atom is -0.286 e. The van der Waals surface area contributed by atoms with Gasteiger partial charge in [0.15, 0.2) is 0 Å². The Bertz CT molecular complexity index is 217. The van der Waals surface area contributed by atoms with E-state index in [-0.39, 0.29) is 5.82 Å². The summed E-state index contributed by atoms with van der Waals surface area (Å²) in [6, 6.07) is 0. The topological polar surface area (TPSA) is 82.1 Å². The van der Waals surface area contributed by atoms with Crippen molar-refractivity contribution in [1.82, 2.24) is 20.2 Å². The first-order valence-electron chi connectivity index (χ1n) is 2.54. The van der Waals surface area contributed by atoms with Crippen LogP contribution in [0.2, 0.25) is 0 Å². The van der Waals surface area contributed by atoms with Crippen molar-refractivity contribution in [2.45, 2.75) is 0 Å². The Morgan fingerprint density at radius 1 is 1.90 bits per heavy atom. The molecular weight excluding hydrogens is 136 g/mol. The molecule has 0 unspecified atom stereocenters. The Balaban J connectivity index is 2.78. The molecule has 2 N–H and O–H groups in total. The largest absolute Gasteiger partial charge is 0.314 e. The second kappa shape index (κ2) is 2.44. The van der Waals surface area contributed by atoms with E-state index in [4.69, 9.17) is 5.21 Å². The molecule has 6 nitrogen and oxygen atoms in total. The summed E-state index contributed by atoms with van der Waals surface area (Å²) in [4.78, 5) is 14.3. The van der Waals surface area contributed by atoms with E-state index < -0.39 is 5.91 Å². The number of aromatic nitrogens is 3. The monoisotopic (exact) mass is 142 g/mol. The lowest BCUT2D eigenvalue weighted by atomic mass is 10.6. The molecule has 1 amide bonds. The molecule has 0 aliphatic carbocycles. The normalized spacial score (nSPS) is 9.40. The molecule has 0 aliphatic rings. The van der Waals surface area contributed by atoms with E-state index in [2.05, 4.69) is 15.2 Å². The molecule has 0 aromatic carbocycles. The maximum atomic E-state index is 10.7. The number of carbonyl (C=O) groups is 1. The highest BCUT2D eigenvalue weighted by molar-refractivity contribution is 5.89. The number of hydrogen-bond donors (Lipinski definition) is 2. The van der Waals surface area contributed by atoms with Crippen LogP contribution in [-0.4, -0.2) is 38.4 Å². The van der Waals surface area contributed by atoms with Crippen LogP contribution in [0.5, 0.6) is 0 Å². The Labute approximate surface area is 56.4 Å². The highest BCUT2D eigenvalue weighted by Gasteiger charge is 2.11. The fourth-order valence-electron chi connectivity index (χ4n) is 0.462. The Morgan fingerprint density at radius 3 is 3.00 bits per heavy atom. The smallest absolute Gasteiger partial charge is 0.286 e. The summed E-state index contributed by atoms with van der Waals surface area (Å²) in [6.45, 7) is 0. The van der Waals surface area contributed by atoms with Gasteiger partial charge < -0.3 is 0 Å². The van der Waals surface area contributed by atoms with E-state index >= 15 is 0 Å². The van der Waals surface area contributed by atoms with E-state index in [9.17, 15) is 4.79 Å². The fourth-order valence-corrected chi connectivity index (χ4v) is 0.462. The van der Waals surface area contributed by atoms with Crippen LogP contribution in [0, 0.1) is 0 Å². The van der Waals surface area contributed by atoms with Gasteiger partial charge in [0.05, 0.1) is 0 Å². The zero-order chi connectivity index (χ0) is 7.56. The Morgan fingerprint density at radius 2 is 2.60 bits per heavy atom. The van der Waals surface area contributed by atoms with Crippen molar-refractivity contribution in [3.63, 3.8) is 0 Å². The third-order valence-electron chi connectivity index (χ3n) is 0.912. The predicted molar refractivity (Wildman–Crippen MR) is 30.3 cm³/mol. The van der Waals surface area contributed by atoms with Crippen LogP contribution < -0.4 is 0 Å². The van der Waals surface area contributed by atoms with Gasteiger partial charge in [-0.15, -0.1) is 0 Å². The SMILES string of the molecule is CN(O)C(=O)c1ncn[nH]1. The molecule has 0 atom stereocenters. The van der Waals surface area contributed by atoms with E-state index in [1.54, 1.807) is 0 Å². The van der Waals surface area contributed by atoms with Crippen LogP contribution in [0.3, 0.4) is 0 Å². The number of aromatic amines is 1. The number of hydroxylamine groups is 2. The summed E-state index contributed by atoms with van der Waals surface area (Å²) in [5.41, 5.74) is 0. The summed E-state index contributed by atoms with van der Waals surface area (Å²) in [7, 11) is 1.21. The van der Waals surface area contributed by atoms with Crippen molar-refractivity contribution in [2.24, 2.45) is 0 Å². The summed E-state index contributed by atoms with van der Waals surface area (Å²) in [6.07, 6.45) is 1.19. The number of H-pyrrole nitrogens is 1. The quantitative estimate of drug-likeness (QED) is 0.400. The highest BCUT2D eigenvalue weighted by atomic mass is 16.5. The van der Waals surface area contributed by atoms with Crippen molar-refractivity contribution < 1.29 is 10.0 Å². The van der Waals surface area contributed by atoms with Crippen LogP contribution in [0.15, 0.2) is 6.33 Å². The second-order valence-electron chi connectivity index (χ2n) is 1.66. The molecule has 0 aliphatic heterocycles. The van der Waals surface area contributed by atoms with Crippen molar-refractivity contribution in [3.05, 3.63) is 12.2 Å². The summed E-state index contributed by atoms with van der Waals surface area (Å²) >= 11 is 0. The van der Waals surface area contributed by atoms with Crippen molar-refractivity contribution in [2.75, 3.05) is 7.05 Å². The van der Waals surface area contributed by atoms with Gasteiger partial charge in [0.1, 0.15) is 6.33 Å². The minimum absolute atomic E-state index is 0.0185. The first kappa shape index (κ1) is 6.69. The molecule has 1 aromatic rings. The zero-order valence-electron chi connectivity index (χ0n) is 5.27. The van der Waals surface area contributed by atoms with Gasteiger partial charge in [-0.25, -0.2) is 10.0 Å². The molecule has 1 rings (SSSR count). The number of nitrogens with zero attached hydrogens (tertiary/aromatic N) is 3. The fraction of sp³-hybridized carbons (Fsp3) is 0.250. The summed E-state index contributed by atoms with van der Waals surface area (Å²) in [5.74, 6) is -0.595. The van der Waals surface area contributed by atoms with E-state index in [1.807, 2.05) is 0 Å². The molecule has 0 saturated heterocycles. The Kier molecular flexibility index (Phi) is 1.63. The molecule has 0 spiro atoms. The number of amides is 1. The van der Waals surface area contributed by atoms with E-state index in [1.165, 1.54) is 13.4 Å². The number of carbonyl (C=O) groups excluding carboxylic acids is 1. The summed E-state index contributed by atoms with van der Waals surface area (Å²) < 4.78 is 0. The Hall–Kier alpha value is -1.43. The van der Waals surface area contributed by atoms with E-state index in [0.717, 1.165) is 0 Å². The van der Waals surface area contributed by atoms with Crippen LogP contribution in [0.4, 0.5) is 0 Å². The van der Waals surface area contributed by atoms with Crippen LogP contribution >= 0.6 is 0 Å². The first-order chi connectivity index (χ1) is 4.72. The lowest BCUT2D eigenvalue weighted by Crippen LogP contribution is -2.23.